The molecule has 2 rings (SSSR count). The van der Waals surface area contributed by atoms with E-state index in [4.69, 9.17) is 0 Å². The van der Waals surface area contributed by atoms with E-state index in [1.54, 1.807) is 14.0 Å². The molecule has 4 heteroatoms. The number of rotatable bonds is 0. The summed E-state index contributed by atoms with van der Waals surface area (Å²) in [6.45, 7) is 1.71. The van der Waals surface area contributed by atoms with Gasteiger partial charge in [-0.2, -0.15) is 0 Å². The molecular weight excluding hydrogens is 191 g/mol. The Labute approximate surface area is 78.8 Å². The average Bonchev–Trinajstić information content (AvgIpc) is 2.41. The number of hydrogen-bond donors (Lipinski definition) is 0. The van der Waals surface area contributed by atoms with Gasteiger partial charge in [-0.25, -0.2) is 13.2 Å². The van der Waals surface area contributed by atoms with Crippen molar-refractivity contribution in [2.75, 3.05) is 0 Å². The van der Waals surface area contributed by atoms with Crippen molar-refractivity contribution in [2.45, 2.75) is 6.92 Å². The topological polar surface area (TPSA) is 4.93 Å². The average molecular weight is 199 g/mol. The van der Waals surface area contributed by atoms with Gasteiger partial charge in [0, 0.05) is 24.2 Å². The van der Waals surface area contributed by atoms with Gasteiger partial charge in [0.05, 0.1) is 5.52 Å². The summed E-state index contributed by atoms with van der Waals surface area (Å²) < 4.78 is 40.8. The molecule has 1 aromatic heterocycles. The Kier molecular flexibility index (Phi) is 1.80. The zero-order chi connectivity index (χ0) is 10.5. The van der Waals surface area contributed by atoms with Crippen LogP contribution in [0.15, 0.2) is 12.1 Å². The molecule has 0 aliphatic heterocycles. The third kappa shape index (κ3) is 1.03. The van der Waals surface area contributed by atoms with E-state index < -0.39 is 17.5 Å². The highest BCUT2D eigenvalue weighted by Gasteiger charge is 2.16. The van der Waals surface area contributed by atoms with Crippen molar-refractivity contribution in [3.8, 4) is 0 Å². The van der Waals surface area contributed by atoms with E-state index >= 15 is 0 Å². The molecule has 74 valence electrons. The molecule has 1 nitrogen and oxygen atoms in total. The maximum absolute atomic E-state index is 13.3. The molecular formula is C10H8F3N. The van der Waals surface area contributed by atoms with E-state index in [9.17, 15) is 13.2 Å². The molecule has 0 spiro atoms. The molecule has 0 bridgehead atoms. The summed E-state index contributed by atoms with van der Waals surface area (Å²) in [5.41, 5.74) is 0.656. The van der Waals surface area contributed by atoms with Crippen molar-refractivity contribution < 1.29 is 13.2 Å². The van der Waals surface area contributed by atoms with Crippen molar-refractivity contribution in [3.05, 3.63) is 35.3 Å². The van der Waals surface area contributed by atoms with Crippen molar-refractivity contribution >= 4 is 10.9 Å². The van der Waals surface area contributed by atoms with Gasteiger partial charge in [0.2, 0.25) is 0 Å². The number of aryl methyl sites for hydroxylation is 2. The summed E-state index contributed by atoms with van der Waals surface area (Å²) in [5.74, 6) is -2.89. The summed E-state index contributed by atoms with van der Waals surface area (Å²) in [5, 5.41) is 0.115. The van der Waals surface area contributed by atoms with Crippen LogP contribution in [0.2, 0.25) is 0 Å². The quantitative estimate of drug-likeness (QED) is 0.575. The third-order valence-corrected chi connectivity index (χ3v) is 2.40. The van der Waals surface area contributed by atoms with Crippen LogP contribution in [0.3, 0.4) is 0 Å². The lowest BCUT2D eigenvalue weighted by molar-refractivity contribution is 0.502. The highest BCUT2D eigenvalue weighted by molar-refractivity contribution is 5.82. The summed E-state index contributed by atoms with van der Waals surface area (Å²) in [6, 6.07) is 2.06. The molecule has 14 heavy (non-hydrogen) atoms. The van der Waals surface area contributed by atoms with Crippen LogP contribution in [0.25, 0.3) is 10.9 Å². The van der Waals surface area contributed by atoms with Gasteiger partial charge in [-0.05, 0) is 13.0 Å². The second-order valence-corrected chi connectivity index (χ2v) is 3.26. The standard InChI is InChI=1S/C10H8F3N/c1-5-3-6-7(11)4-8(12)9(13)10(6)14(5)2/h3-4H,1-2H3. The highest BCUT2D eigenvalue weighted by atomic mass is 19.2. The van der Waals surface area contributed by atoms with Gasteiger partial charge in [-0.1, -0.05) is 0 Å². The molecule has 2 aromatic rings. The second-order valence-electron chi connectivity index (χ2n) is 3.26. The predicted octanol–water partition coefficient (Wildman–Crippen LogP) is 2.90. The number of nitrogens with zero attached hydrogens (tertiary/aromatic N) is 1. The van der Waals surface area contributed by atoms with Gasteiger partial charge >= 0.3 is 0 Å². The Morgan fingerprint density at radius 3 is 2.36 bits per heavy atom. The lowest BCUT2D eigenvalue weighted by Gasteiger charge is -2.01. The van der Waals surface area contributed by atoms with E-state index in [-0.39, 0.29) is 10.9 Å². The molecule has 0 unspecified atom stereocenters. The first-order valence-corrected chi connectivity index (χ1v) is 4.12. The third-order valence-electron chi connectivity index (χ3n) is 2.40. The Hall–Kier alpha value is -1.45. The van der Waals surface area contributed by atoms with E-state index in [2.05, 4.69) is 0 Å². The van der Waals surface area contributed by atoms with Crippen molar-refractivity contribution in [1.82, 2.24) is 4.57 Å². The molecule has 0 saturated carbocycles. The summed E-state index contributed by atoms with van der Waals surface area (Å²) in [6.07, 6.45) is 0. The fraction of sp³-hybridized carbons (Fsp3) is 0.200. The highest BCUT2D eigenvalue weighted by Crippen LogP contribution is 2.25. The Morgan fingerprint density at radius 2 is 1.71 bits per heavy atom. The van der Waals surface area contributed by atoms with E-state index in [1.165, 1.54) is 10.6 Å². The van der Waals surface area contributed by atoms with E-state index in [1.807, 2.05) is 0 Å². The first kappa shape index (κ1) is 9.12. The zero-order valence-electron chi connectivity index (χ0n) is 7.74. The summed E-state index contributed by atoms with van der Waals surface area (Å²) in [4.78, 5) is 0. The van der Waals surface area contributed by atoms with Gasteiger partial charge in [0.1, 0.15) is 5.82 Å². The van der Waals surface area contributed by atoms with Gasteiger partial charge < -0.3 is 4.57 Å². The molecule has 0 radical (unpaired) electrons. The van der Waals surface area contributed by atoms with Crippen LogP contribution in [0.5, 0.6) is 0 Å². The van der Waals surface area contributed by atoms with Crippen LogP contribution >= 0.6 is 0 Å². The lowest BCUT2D eigenvalue weighted by atomic mass is 10.2. The molecule has 1 aromatic carbocycles. The number of benzene rings is 1. The largest absolute Gasteiger partial charge is 0.345 e. The minimum Gasteiger partial charge on any atom is -0.345 e. The van der Waals surface area contributed by atoms with Gasteiger partial charge in [0.25, 0.3) is 0 Å². The second kappa shape index (κ2) is 2.77. The maximum Gasteiger partial charge on any atom is 0.183 e. The minimum atomic E-state index is -1.16. The number of fused-ring (bicyclic) bond motifs is 1. The van der Waals surface area contributed by atoms with Crippen LogP contribution < -0.4 is 0 Å². The molecule has 0 fully saturated rings. The summed E-state index contributed by atoms with van der Waals surface area (Å²) >= 11 is 0. The predicted molar refractivity (Wildman–Crippen MR) is 47.5 cm³/mol. The number of hydrogen-bond acceptors (Lipinski definition) is 0. The van der Waals surface area contributed by atoms with E-state index in [0.717, 1.165) is 0 Å². The monoisotopic (exact) mass is 199 g/mol. The SMILES string of the molecule is Cc1cc2c(F)cc(F)c(F)c2n1C. The zero-order valence-corrected chi connectivity index (χ0v) is 7.74. The van der Waals surface area contributed by atoms with Gasteiger partial charge in [-0.15, -0.1) is 0 Å². The van der Waals surface area contributed by atoms with Crippen LogP contribution in [-0.4, -0.2) is 4.57 Å². The normalized spacial score (nSPS) is 11.2. The van der Waals surface area contributed by atoms with Gasteiger partial charge in [-0.3, -0.25) is 0 Å². The molecule has 0 N–H and O–H groups in total. The Balaban J connectivity index is 3.03. The van der Waals surface area contributed by atoms with Crippen LogP contribution in [0.4, 0.5) is 13.2 Å². The van der Waals surface area contributed by atoms with Crippen molar-refractivity contribution in [2.24, 2.45) is 7.05 Å². The van der Waals surface area contributed by atoms with Crippen molar-refractivity contribution in [3.63, 3.8) is 0 Å². The van der Waals surface area contributed by atoms with Crippen molar-refractivity contribution in [1.29, 1.82) is 0 Å². The first-order chi connectivity index (χ1) is 6.52. The fourth-order valence-electron chi connectivity index (χ4n) is 1.54. The molecule has 0 saturated heterocycles. The summed E-state index contributed by atoms with van der Waals surface area (Å²) in [7, 11) is 1.57. The van der Waals surface area contributed by atoms with Crippen LogP contribution in [-0.2, 0) is 7.05 Å². The first-order valence-electron chi connectivity index (χ1n) is 4.12. The number of halogens is 3. The van der Waals surface area contributed by atoms with Crippen LogP contribution in [0.1, 0.15) is 5.69 Å². The Bertz CT molecular complexity index is 514. The molecule has 0 amide bonds. The molecule has 0 aliphatic rings. The smallest absolute Gasteiger partial charge is 0.183 e. The minimum absolute atomic E-state index is 0.0278. The molecule has 1 heterocycles. The van der Waals surface area contributed by atoms with Crippen LogP contribution in [0, 0.1) is 24.4 Å². The Morgan fingerprint density at radius 1 is 1.07 bits per heavy atom. The molecule has 0 aliphatic carbocycles. The number of aromatic nitrogens is 1. The maximum atomic E-state index is 13.3. The lowest BCUT2D eigenvalue weighted by Crippen LogP contribution is -1.96. The van der Waals surface area contributed by atoms with E-state index in [0.29, 0.717) is 11.8 Å². The van der Waals surface area contributed by atoms with Gasteiger partial charge in [0.15, 0.2) is 11.6 Å². The molecule has 0 atom stereocenters. The fourth-order valence-corrected chi connectivity index (χ4v) is 1.54.